The third-order valence-electron chi connectivity index (χ3n) is 4.94. The summed E-state index contributed by atoms with van der Waals surface area (Å²) < 4.78 is 17.6. The molecule has 30 heavy (non-hydrogen) atoms. The van der Waals surface area contributed by atoms with Crippen LogP contribution in [-0.2, 0) is 16.6 Å². The van der Waals surface area contributed by atoms with Crippen LogP contribution < -0.4 is 4.74 Å². The topological polar surface area (TPSA) is 86.3 Å². The number of hydrazone groups is 1. The van der Waals surface area contributed by atoms with E-state index in [0.717, 1.165) is 17.0 Å². The first-order valence-corrected chi connectivity index (χ1v) is 9.42. The minimum absolute atomic E-state index is 0.370. The number of ether oxygens (including phenoxy) is 2. The van der Waals surface area contributed by atoms with Crippen LogP contribution in [0.3, 0.4) is 0 Å². The molecule has 154 valence electrons. The molecule has 1 aromatic carbocycles. The number of benzene rings is 1. The largest absolute Gasteiger partial charge is 0.497 e. The van der Waals surface area contributed by atoms with Crippen LogP contribution in [0.2, 0.25) is 0 Å². The number of carbonyl (C=O) groups is 2. The standard InChI is InChI=1S/C22H21N3O5/c1-24-11-3-5-18(24)22(27)30-14-21(26)25-19(20-6-4-12-29-20)13-17(23-25)15-7-9-16(28-2)10-8-15/h3-12,19H,13-14H2,1-2H3/t19-/m1/s1. The zero-order chi connectivity index (χ0) is 21.1. The van der Waals surface area contributed by atoms with Gasteiger partial charge in [0, 0.05) is 19.7 Å². The van der Waals surface area contributed by atoms with E-state index >= 15 is 0 Å². The van der Waals surface area contributed by atoms with Gasteiger partial charge in [-0.1, -0.05) is 0 Å². The van der Waals surface area contributed by atoms with Gasteiger partial charge in [0.05, 0.1) is 19.1 Å². The molecule has 4 rings (SSSR count). The first-order valence-electron chi connectivity index (χ1n) is 9.42. The zero-order valence-electron chi connectivity index (χ0n) is 16.6. The highest BCUT2D eigenvalue weighted by atomic mass is 16.5. The summed E-state index contributed by atoms with van der Waals surface area (Å²) in [5, 5.41) is 5.84. The van der Waals surface area contributed by atoms with E-state index < -0.39 is 24.5 Å². The minimum Gasteiger partial charge on any atom is -0.497 e. The van der Waals surface area contributed by atoms with Crippen molar-refractivity contribution in [2.24, 2.45) is 12.1 Å². The molecule has 2 aromatic heterocycles. The van der Waals surface area contributed by atoms with Crippen LogP contribution in [-0.4, -0.2) is 40.9 Å². The summed E-state index contributed by atoms with van der Waals surface area (Å²) in [6, 6.07) is 14.0. The van der Waals surface area contributed by atoms with Gasteiger partial charge in [0.25, 0.3) is 5.91 Å². The highest BCUT2D eigenvalue weighted by Gasteiger charge is 2.35. The van der Waals surface area contributed by atoms with Crippen molar-refractivity contribution in [2.75, 3.05) is 13.7 Å². The van der Waals surface area contributed by atoms with Crippen molar-refractivity contribution in [1.29, 1.82) is 0 Å². The Kier molecular flexibility index (Phi) is 5.38. The van der Waals surface area contributed by atoms with Crippen LogP contribution in [0.5, 0.6) is 5.75 Å². The molecular formula is C22H21N3O5. The van der Waals surface area contributed by atoms with Crippen molar-refractivity contribution in [3.05, 3.63) is 78.0 Å². The Bertz CT molecular complexity index is 1070. The van der Waals surface area contributed by atoms with Gasteiger partial charge in [-0.2, -0.15) is 5.10 Å². The van der Waals surface area contributed by atoms with E-state index in [0.29, 0.717) is 17.9 Å². The molecular weight excluding hydrogens is 386 g/mol. The van der Waals surface area contributed by atoms with Crippen molar-refractivity contribution in [2.45, 2.75) is 12.5 Å². The van der Waals surface area contributed by atoms with Crippen molar-refractivity contribution in [1.82, 2.24) is 9.58 Å². The maximum Gasteiger partial charge on any atom is 0.355 e. The van der Waals surface area contributed by atoms with Gasteiger partial charge in [-0.05, 0) is 54.1 Å². The lowest BCUT2D eigenvalue weighted by molar-refractivity contribution is -0.136. The Morgan fingerprint density at radius 1 is 1.17 bits per heavy atom. The first-order chi connectivity index (χ1) is 14.6. The molecule has 1 amide bonds. The summed E-state index contributed by atoms with van der Waals surface area (Å²) >= 11 is 0. The van der Waals surface area contributed by atoms with E-state index in [1.165, 1.54) is 5.01 Å². The molecule has 1 atom stereocenters. The summed E-state index contributed by atoms with van der Waals surface area (Å²) in [6.45, 7) is -0.416. The molecule has 1 aliphatic rings. The van der Waals surface area contributed by atoms with E-state index in [1.807, 2.05) is 24.3 Å². The molecule has 0 radical (unpaired) electrons. The fraction of sp³-hybridized carbons (Fsp3) is 0.227. The third kappa shape index (κ3) is 3.84. The van der Waals surface area contributed by atoms with Gasteiger partial charge in [-0.25, -0.2) is 9.80 Å². The van der Waals surface area contributed by atoms with E-state index in [9.17, 15) is 9.59 Å². The Morgan fingerprint density at radius 3 is 2.60 bits per heavy atom. The van der Waals surface area contributed by atoms with E-state index in [-0.39, 0.29) is 0 Å². The number of furan rings is 1. The minimum atomic E-state index is -0.566. The number of amides is 1. The van der Waals surface area contributed by atoms with Crippen molar-refractivity contribution < 1.29 is 23.5 Å². The lowest BCUT2D eigenvalue weighted by Crippen LogP contribution is -2.31. The normalized spacial score (nSPS) is 15.7. The predicted octanol–water partition coefficient (Wildman–Crippen LogP) is 3.16. The SMILES string of the molecule is COc1ccc(C2=NN(C(=O)COC(=O)c3cccn3C)[C@@H](c3ccco3)C2)cc1. The van der Waals surface area contributed by atoms with E-state index in [1.54, 1.807) is 55.5 Å². The second-order valence-corrected chi connectivity index (χ2v) is 6.83. The molecule has 0 aliphatic carbocycles. The molecule has 0 fully saturated rings. The quantitative estimate of drug-likeness (QED) is 0.586. The summed E-state index contributed by atoms with van der Waals surface area (Å²) in [4.78, 5) is 25.1. The average molecular weight is 407 g/mol. The molecule has 0 spiro atoms. The maximum absolute atomic E-state index is 12.9. The summed E-state index contributed by atoms with van der Waals surface area (Å²) in [6.07, 6.45) is 3.77. The second-order valence-electron chi connectivity index (χ2n) is 6.83. The Hall–Kier alpha value is -3.81. The first kappa shape index (κ1) is 19.5. The third-order valence-corrected chi connectivity index (χ3v) is 4.94. The highest BCUT2D eigenvalue weighted by molar-refractivity contribution is 6.03. The molecule has 0 saturated carbocycles. The molecule has 3 aromatic rings. The number of aromatic nitrogens is 1. The average Bonchev–Trinajstić information content (AvgIpc) is 3.51. The van der Waals surface area contributed by atoms with Crippen molar-refractivity contribution in [3.63, 3.8) is 0 Å². The monoisotopic (exact) mass is 407 g/mol. The molecule has 8 nitrogen and oxygen atoms in total. The number of esters is 1. The van der Waals surface area contributed by atoms with Crippen molar-refractivity contribution in [3.8, 4) is 5.75 Å². The van der Waals surface area contributed by atoms with Crippen LogP contribution in [0.15, 0.2) is 70.5 Å². The summed E-state index contributed by atoms with van der Waals surface area (Å²) in [5.41, 5.74) is 1.99. The number of hydrogen-bond acceptors (Lipinski definition) is 6. The van der Waals surface area contributed by atoms with E-state index in [4.69, 9.17) is 13.9 Å². The predicted molar refractivity (Wildman–Crippen MR) is 108 cm³/mol. The molecule has 0 N–H and O–H groups in total. The Labute approximate surface area is 173 Å². The Balaban J connectivity index is 1.52. The molecule has 3 heterocycles. The number of rotatable bonds is 6. The number of aryl methyl sites for hydroxylation is 1. The molecule has 0 unspecified atom stereocenters. The van der Waals surface area contributed by atoms with Crippen LogP contribution in [0.1, 0.15) is 34.3 Å². The smallest absolute Gasteiger partial charge is 0.355 e. The molecule has 1 aliphatic heterocycles. The lowest BCUT2D eigenvalue weighted by atomic mass is 10.0. The van der Waals surface area contributed by atoms with Crippen LogP contribution in [0.25, 0.3) is 0 Å². The molecule has 0 saturated heterocycles. The van der Waals surface area contributed by atoms with Gasteiger partial charge in [-0.3, -0.25) is 4.79 Å². The van der Waals surface area contributed by atoms with Crippen LogP contribution in [0.4, 0.5) is 0 Å². The fourth-order valence-electron chi connectivity index (χ4n) is 3.34. The van der Waals surface area contributed by atoms with Gasteiger partial charge >= 0.3 is 5.97 Å². The maximum atomic E-state index is 12.9. The molecule has 8 heteroatoms. The van der Waals surface area contributed by atoms with Gasteiger partial charge in [0.2, 0.25) is 0 Å². The zero-order valence-corrected chi connectivity index (χ0v) is 16.6. The van der Waals surface area contributed by atoms with E-state index in [2.05, 4.69) is 5.10 Å². The van der Waals surface area contributed by atoms with Gasteiger partial charge in [0.1, 0.15) is 23.2 Å². The van der Waals surface area contributed by atoms with Gasteiger partial charge < -0.3 is 18.5 Å². The lowest BCUT2D eigenvalue weighted by Gasteiger charge is -2.19. The second kappa shape index (κ2) is 8.28. The number of carbonyl (C=O) groups excluding carboxylic acids is 2. The van der Waals surface area contributed by atoms with Gasteiger partial charge in [-0.15, -0.1) is 0 Å². The summed E-state index contributed by atoms with van der Waals surface area (Å²) in [7, 11) is 3.34. The number of hydrogen-bond donors (Lipinski definition) is 0. The number of methoxy groups -OCH3 is 1. The van der Waals surface area contributed by atoms with Crippen molar-refractivity contribution >= 4 is 17.6 Å². The Morgan fingerprint density at radius 2 is 1.97 bits per heavy atom. The fourth-order valence-corrected chi connectivity index (χ4v) is 3.34. The van der Waals surface area contributed by atoms with Crippen LogP contribution in [0, 0.1) is 0 Å². The molecule has 0 bridgehead atoms. The highest BCUT2D eigenvalue weighted by Crippen LogP contribution is 2.33. The number of nitrogens with zero attached hydrogens (tertiary/aromatic N) is 3. The van der Waals surface area contributed by atoms with Crippen LogP contribution >= 0.6 is 0 Å². The van der Waals surface area contributed by atoms with Gasteiger partial charge in [0.15, 0.2) is 6.61 Å². The summed E-state index contributed by atoms with van der Waals surface area (Å²) in [5.74, 6) is 0.358.